The first-order valence-electron chi connectivity index (χ1n) is 6.76. The van der Waals surface area contributed by atoms with Crippen molar-refractivity contribution in [2.24, 2.45) is 0 Å². The second kappa shape index (κ2) is 6.48. The van der Waals surface area contributed by atoms with E-state index in [1.807, 2.05) is 23.7 Å². The van der Waals surface area contributed by atoms with Crippen molar-refractivity contribution in [3.63, 3.8) is 0 Å². The summed E-state index contributed by atoms with van der Waals surface area (Å²) >= 11 is 0. The van der Waals surface area contributed by atoms with Crippen molar-refractivity contribution in [3.8, 4) is 0 Å². The van der Waals surface area contributed by atoms with Crippen LogP contribution in [0.2, 0.25) is 0 Å². The number of nitrogens with zero attached hydrogens (tertiary/aromatic N) is 2. The largest absolute Gasteiger partial charge is 0.305 e. The van der Waals surface area contributed by atoms with Crippen LogP contribution in [0.25, 0.3) is 0 Å². The van der Waals surface area contributed by atoms with E-state index in [0.717, 1.165) is 30.8 Å². The molecule has 1 aromatic heterocycles. The van der Waals surface area contributed by atoms with Crippen LogP contribution in [0.5, 0.6) is 0 Å². The van der Waals surface area contributed by atoms with Crippen LogP contribution in [0.4, 0.5) is 4.39 Å². The van der Waals surface area contributed by atoms with Gasteiger partial charge in [-0.3, -0.25) is 4.68 Å². The van der Waals surface area contributed by atoms with Gasteiger partial charge in [0.05, 0.1) is 11.7 Å². The van der Waals surface area contributed by atoms with Crippen molar-refractivity contribution in [2.45, 2.75) is 32.9 Å². The van der Waals surface area contributed by atoms with Crippen molar-refractivity contribution in [1.82, 2.24) is 15.1 Å². The van der Waals surface area contributed by atoms with Crippen LogP contribution in [0, 0.1) is 5.82 Å². The summed E-state index contributed by atoms with van der Waals surface area (Å²) in [5.74, 6) is -0.207. The van der Waals surface area contributed by atoms with Crippen LogP contribution in [0.15, 0.2) is 36.5 Å². The number of halogens is 1. The monoisotopic (exact) mass is 261 g/mol. The maximum atomic E-state index is 13.4. The zero-order valence-electron chi connectivity index (χ0n) is 11.4. The summed E-state index contributed by atoms with van der Waals surface area (Å²) < 4.78 is 15.4. The van der Waals surface area contributed by atoms with Crippen molar-refractivity contribution in [1.29, 1.82) is 0 Å². The maximum absolute atomic E-state index is 13.4. The Labute approximate surface area is 113 Å². The summed E-state index contributed by atoms with van der Waals surface area (Å²) in [5.41, 5.74) is 2.01. The van der Waals surface area contributed by atoms with E-state index in [9.17, 15) is 4.39 Å². The van der Waals surface area contributed by atoms with Gasteiger partial charge in [-0.2, -0.15) is 5.10 Å². The molecular weight excluding hydrogens is 241 g/mol. The predicted molar refractivity (Wildman–Crippen MR) is 74.4 cm³/mol. The first-order valence-corrected chi connectivity index (χ1v) is 6.76. The summed E-state index contributed by atoms with van der Waals surface area (Å²) in [5, 5.41) is 7.74. The zero-order valence-corrected chi connectivity index (χ0v) is 11.4. The van der Waals surface area contributed by atoms with Gasteiger partial charge in [-0.1, -0.05) is 26.0 Å². The van der Waals surface area contributed by atoms with Gasteiger partial charge in [0.2, 0.25) is 0 Å². The van der Waals surface area contributed by atoms with Crippen molar-refractivity contribution >= 4 is 0 Å². The zero-order chi connectivity index (χ0) is 13.7. The van der Waals surface area contributed by atoms with Gasteiger partial charge in [0.1, 0.15) is 5.82 Å². The Bertz CT molecular complexity index is 522. The first-order chi connectivity index (χ1) is 9.26. The Morgan fingerprint density at radius 2 is 2.16 bits per heavy atom. The molecule has 102 valence electrons. The molecule has 0 aliphatic rings. The molecule has 0 amide bonds. The lowest BCUT2D eigenvalue weighted by molar-refractivity contribution is 0.518. The minimum absolute atomic E-state index is 0.0188. The lowest BCUT2D eigenvalue weighted by atomic mass is 10.0. The van der Waals surface area contributed by atoms with Crippen LogP contribution in [0.3, 0.4) is 0 Å². The van der Waals surface area contributed by atoms with Crippen LogP contribution in [-0.2, 0) is 6.54 Å². The van der Waals surface area contributed by atoms with Gasteiger partial charge >= 0.3 is 0 Å². The molecule has 0 aliphatic heterocycles. The molecule has 0 saturated carbocycles. The predicted octanol–water partition coefficient (Wildman–Crippen LogP) is 3.13. The summed E-state index contributed by atoms with van der Waals surface area (Å²) in [6, 6.07) is 8.71. The van der Waals surface area contributed by atoms with Crippen LogP contribution < -0.4 is 5.32 Å². The Morgan fingerprint density at radius 1 is 1.32 bits per heavy atom. The summed E-state index contributed by atoms with van der Waals surface area (Å²) in [6.45, 7) is 5.86. The van der Waals surface area contributed by atoms with Crippen LogP contribution in [-0.4, -0.2) is 16.3 Å². The molecule has 19 heavy (non-hydrogen) atoms. The fraction of sp³-hybridized carbons (Fsp3) is 0.400. The minimum Gasteiger partial charge on any atom is -0.305 e. The molecule has 0 fully saturated rings. The van der Waals surface area contributed by atoms with Gasteiger partial charge in [-0.05, 0) is 36.7 Å². The molecule has 0 aliphatic carbocycles. The summed E-state index contributed by atoms with van der Waals surface area (Å²) in [6.07, 6.45) is 2.82. The highest BCUT2D eigenvalue weighted by molar-refractivity contribution is 5.28. The van der Waals surface area contributed by atoms with Gasteiger partial charge in [0.25, 0.3) is 0 Å². The molecule has 2 aromatic rings. The number of aryl methyl sites for hydroxylation is 1. The van der Waals surface area contributed by atoms with Gasteiger partial charge in [0, 0.05) is 12.7 Å². The lowest BCUT2D eigenvalue weighted by Crippen LogP contribution is -2.25. The van der Waals surface area contributed by atoms with Crippen LogP contribution >= 0.6 is 0 Å². The average Bonchev–Trinajstić information content (AvgIpc) is 2.84. The van der Waals surface area contributed by atoms with Crippen molar-refractivity contribution in [3.05, 3.63) is 53.6 Å². The molecule has 1 atom stereocenters. The lowest BCUT2D eigenvalue weighted by Gasteiger charge is -2.20. The van der Waals surface area contributed by atoms with Gasteiger partial charge in [-0.25, -0.2) is 4.39 Å². The van der Waals surface area contributed by atoms with Crippen molar-refractivity contribution < 1.29 is 4.39 Å². The van der Waals surface area contributed by atoms with E-state index < -0.39 is 0 Å². The standard InChI is InChI=1S/C15H20FN3/c1-3-10-19-14(8-9-18-19)15(17-4-2)12-6-5-7-13(16)11-12/h5-9,11,15,17H,3-4,10H2,1-2H3. The van der Waals surface area contributed by atoms with E-state index in [1.54, 1.807) is 18.3 Å². The highest BCUT2D eigenvalue weighted by Crippen LogP contribution is 2.22. The van der Waals surface area contributed by atoms with Crippen LogP contribution in [0.1, 0.15) is 37.6 Å². The number of hydrogen-bond donors (Lipinski definition) is 1. The highest BCUT2D eigenvalue weighted by Gasteiger charge is 2.17. The summed E-state index contributed by atoms with van der Waals surface area (Å²) in [4.78, 5) is 0. The van der Waals surface area contributed by atoms with E-state index in [2.05, 4.69) is 17.3 Å². The number of aromatic nitrogens is 2. The number of benzene rings is 1. The van der Waals surface area contributed by atoms with Crippen molar-refractivity contribution in [2.75, 3.05) is 6.54 Å². The molecule has 0 radical (unpaired) electrons. The maximum Gasteiger partial charge on any atom is 0.123 e. The van der Waals surface area contributed by atoms with E-state index >= 15 is 0 Å². The van der Waals surface area contributed by atoms with Gasteiger partial charge in [-0.15, -0.1) is 0 Å². The molecule has 1 heterocycles. The second-order valence-electron chi connectivity index (χ2n) is 4.52. The third-order valence-electron chi connectivity index (χ3n) is 3.07. The molecule has 1 aromatic carbocycles. The summed E-state index contributed by atoms with van der Waals surface area (Å²) in [7, 11) is 0. The molecule has 4 heteroatoms. The first kappa shape index (κ1) is 13.7. The molecule has 2 rings (SSSR count). The Hall–Kier alpha value is -1.68. The molecule has 1 N–H and O–H groups in total. The molecule has 0 bridgehead atoms. The van der Waals surface area contributed by atoms with E-state index in [-0.39, 0.29) is 11.9 Å². The number of hydrogen-bond acceptors (Lipinski definition) is 2. The van der Waals surface area contributed by atoms with E-state index in [4.69, 9.17) is 0 Å². The topological polar surface area (TPSA) is 29.9 Å². The third-order valence-corrected chi connectivity index (χ3v) is 3.07. The SMILES string of the molecule is CCCn1nccc1C(NCC)c1cccc(F)c1. The molecule has 0 spiro atoms. The van der Waals surface area contributed by atoms with E-state index in [0.29, 0.717) is 0 Å². The highest BCUT2D eigenvalue weighted by atomic mass is 19.1. The normalized spacial score (nSPS) is 12.6. The average molecular weight is 261 g/mol. The fourth-order valence-electron chi connectivity index (χ4n) is 2.27. The molecule has 0 saturated heterocycles. The van der Waals surface area contributed by atoms with E-state index in [1.165, 1.54) is 6.07 Å². The molecule has 3 nitrogen and oxygen atoms in total. The quantitative estimate of drug-likeness (QED) is 0.865. The minimum atomic E-state index is -0.207. The molecule has 1 unspecified atom stereocenters. The van der Waals surface area contributed by atoms with Gasteiger partial charge < -0.3 is 5.32 Å². The van der Waals surface area contributed by atoms with Gasteiger partial charge in [0.15, 0.2) is 0 Å². The third kappa shape index (κ3) is 3.20. The Balaban J connectivity index is 2.36. The number of nitrogens with one attached hydrogen (secondary N) is 1. The Kier molecular flexibility index (Phi) is 4.68. The second-order valence-corrected chi connectivity index (χ2v) is 4.52. The number of rotatable bonds is 6. The fourth-order valence-corrected chi connectivity index (χ4v) is 2.27. The molecular formula is C15H20FN3. The Morgan fingerprint density at radius 3 is 2.84 bits per heavy atom. The smallest absolute Gasteiger partial charge is 0.123 e.